The maximum Gasteiger partial charge on any atom is 0.0839 e. The molecule has 13 heavy (non-hydrogen) atoms. The Kier molecular flexibility index (Phi) is 2.26. The Morgan fingerprint density at radius 2 is 1.46 bits per heavy atom. The van der Waals surface area contributed by atoms with E-state index in [4.69, 9.17) is 9.47 Å². The van der Waals surface area contributed by atoms with E-state index in [0.29, 0.717) is 0 Å². The second-order valence-corrected chi connectivity index (χ2v) is 4.19. The summed E-state index contributed by atoms with van der Waals surface area (Å²) in [6, 6.07) is 0. The van der Waals surface area contributed by atoms with E-state index in [9.17, 15) is 0 Å². The van der Waals surface area contributed by atoms with Crippen LogP contribution in [0.2, 0.25) is 0 Å². The van der Waals surface area contributed by atoms with Gasteiger partial charge in [-0.15, -0.1) is 0 Å². The summed E-state index contributed by atoms with van der Waals surface area (Å²) in [6.07, 6.45) is 8.81. The van der Waals surface area contributed by atoms with Gasteiger partial charge in [-0.3, -0.25) is 0 Å². The van der Waals surface area contributed by atoms with Crippen molar-refractivity contribution in [2.24, 2.45) is 5.41 Å². The Labute approximate surface area is 79.2 Å². The normalized spacial score (nSPS) is 33.1. The predicted octanol–water partition coefficient (Wildman–Crippen LogP) is 1.92. The van der Waals surface area contributed by atoms with E-state index in [0.717, 1.165) is 13.2 Å². The minimum atomic E-state index is 0.0417. The summed E-state index contributed by atoms with van der Waals surface area (Å²) in [4.78, 5) is 0. The highest BCUT2D eigenvalue weighted by Crippen LogP contribution is 2.34. The minimum Gasteiger partial charge on any atom is -0.369 e. The van der Waals surface area contributed by atoms with Crippen LogP contribution in [0.3, 0.4) is 0 Å². The van der Waals surface area contributed by atoms with E-state index in [2.05, 4.69) is 38.2 Å². The van der Waals surface area contributed by atoms with Crippen LogP contribution in [0.5, 0.6) is 0 Å². The zero-order valence-corrected chi connectivity index (χ0v) is 8.19. The van der Waals surface area contributed by atoms with Crippen molar-refractivity contribution in [3.05, 3.63) is 24.3 Å². The van der Waals surface area contributed by atoms with Crippen LogP contribution in [0, 0.1) is 5.41 Å². The van der Waals surface area contributed by atoms with E-state index in [-0.39, 0.29) is 17.6 Å². The first-order valence-electron chi connectivity index (χ1n) is 4.78. The van der Waals surface area contributed by atoms with Gasteiger partial charge in [0.25, 0.3) is 0 Å². The molecule has 0 saturated heterocycles. The minimum absolute atomic E-state index is 0.0417. The number of ether oxygens (including phenoxy) is 2. The lowest BCUT2D eigenvalue weighted by atomic mass is 9.81. The van der Waals surface area contributed by atoms with Crippen molar-refractivity contribution in [2.75, 3.05) is 13.2 Å². The zero-order valence-electron chi connectivity index (χ0n) is 8.19. The maximum atomic E-state index is 5.61. The van der Waals surface area contributed by atoms with Gasteiger partial charge in [-0.1, -0.05) is 38.2 Å². The molecule has 72 valence electrons. The number of hydrogen-bond acceptors (Lipinski definition) is 2. The highest BCUT2D eigenvalue weighted by Gasteiger charge is 2.38. The van der Waals surface area contributed by atoms with Gasteiger partial charge in [0.2, 0.25) is 0 Å². The zero-order chi connectivity index (χ0) is 9.31. The molecule has 2 rings (SSSR count). The predicted molar refractivity (Wildman–Crippen MR) is 51.5 cm³/mol. The first kappa shape index (κ1) is 8.97. The summed E-state index contributed by atoms with van der Waals surface area (Å²) in [5.74, 6) is 0. The topological polar surface area (TPSA) is 18.5 Å². The summed E-state index contributed by atoms with van der Waals surface area (Å²) in [7, 11) is 0. The van der Waals surface area contributed by atoms with E-state index in [1.807, 2.05) is 0 Å². The van der Waals surface area contributed by atoms with Crippen molar-refractivity contribution in [3.8, 4) is 0 Å². The first-order chi connectivity index (χ1) is 6.21. The molecule has 0 bridgehead atoms. The molecule has 0 aliphatic carbocycles. The van der Waals surface area contributed by atoms with E-state index >= 15 is 0 Å². The van der Waals surface area contributed by atoms with Crippen molar-refractivity contribution in [2.45, 2.75) is 26.1 Å². The van der Waals surface area contributed by atoms with Crippen LogP contribution in [0.1, 0.15) is 13.8 Å². The Balaban J connectivity index is 2.09. The summed E-state index contributed by atoms with van der Waals surface area (Å²) in [6.45, 7) is 5.86. The van der Waals surface area contributed by atoms with Gasteiger partial charge in [-0.05, 0) is 0 Å². The van der Waals surface area contributed by atoms with Crippen LogP contribution in [-0.2, 0) is 9.47 Å². The second-order valence-electron chi connectivity index (χ2n) is 4.19. The molecule has 0 radical (unpaired) electrons. The molecule has 2 heteroatoms. The van der Waals surface area contributed by atoms with Crippen LogP contribution in [0.4, 0.5) is 0 Å². The summed E-state index contributed by atoms with van der Waals surface area (Å²) < 4.78 is 11.2. The molecule has 2 aliphatic heterocycles. The molecule has 0 aromatic heterocycles. The van der Waals surface area contributed by atoms with Gasteiger partial charge in [-0.25, -0.2) is 0 Å². The average molecular weight is 180 g/mol. The van der Waals surface area contributed by atoms with Gasteiger partial charge in [-0.2, -0.15) is 0 Å². The summed E-state index contributed by atoms with van der Waals surface area (Å²) >= 11 is 0. The largest absolute Gasteiger partial charge is 0.369 e. The van der Waals surface area contributed by atoms with Crippen molar-refractivity contribution in [3.63, 3.8) is 0 Å². The van der Waals surface area contributed by atoms with Crippen LogP contribution >= 0.6 is 0 Å². The van der Waals surface area contributed by atoms with Crippen LogP contribution in [-0.4, -0.2) is 25.4 Å². The van der Waals surface area contributed by atoms with E-state index < -0.39 is 0 Å². The van der Waals surface area contributed by atoms with Gasteiger partial charge < -0.3 is 9.47 Å². The first-order valence-corrected chi connectivity index (χ1v) is 4.78. The highest BCUT2D eigenvalue weighted by atomic mass is 16.5. The Morgan fingerprint density at radius 1 is 1.00 bits per heavy atom. The molecular weight excluding hydrogens is 164 g/mol. The van der Waals surface area contributed by atoms with Crippen LogP contribution in [0.15, 0.2) is 24.3 Å². The smallest absolute Gasteiger partial charge is 0.0839 e. The van der Waals surface area contributed by atoms with E-state index in [1.54, 1.807) is 0 Å². The third-order valence-corrected chi connectivity index (χ3v) is 2.83. The summed E-state index contributed by atoms with van der Waals surface area (Å²) in [5, 5.41) is 0. The van der Waals surface area contributed by atoms with Gasteiger partial charge in [0.1, 0.15) is 0 Å². The monoisotopic (exact) mass is 180 g/mol. The molecule has 2 aliphatic rings. The molecular formula is C11H16O2. The maximum absolute atomic E-state index is 5.61. The molecule has 0 saturated carbocycles. The molecule has 0 amide bonds. The standard InChI is InChI=1S/C11H16O2/c1-11(2,9-5-3-7-12-9)10-6-4-8-13-10/h3-6,9-10H,7-8H2,1-2H3. The van der Waals surface area contributed by atoms with Gasteiger partial charge in [0.05, 0.1) is 25.4 Å². The van der Waals surface area contributed by atoms with E-state index in [1.165, 1.54) is 0 Å². The Bertz CT molecular complexity index is 216. The molecule has 0 N–H and O–H groups in total. The third-order valence-electron chi connectivity index (χ3n) is 2.83. The van der Waals surface area contributed by atoms with Gasteiger partial charge >= 0.3 is 0 Å². The SMILES string of the molecule is CC(C)(C1C=CCO1)C1C=CCO1. The fourth-order valence-corrected chi connectivity index (χ4v) is 1.88. The molecule has 0 fully saturated rings. The fraction of sp³-hybridized carbons (Fsp3) is 0.636. The molecule has 0 aromatic carbocycles. The molecule has 2 atom stereocenters. The Hall–Kier alpha value is -0.600. The van der Waals surface area contributed by atoms with Crippen molar-refractivity contribution < 1.29 is 9.47 Å². The number of hydrogen-bond donors (Lipinski definition) is 0. The molecule has 0 spiro atoms. The fourth-order valence-electron chi connectivity index (χ4n) is 1.88. The third kappa shape index (κ3) is 1.56. The van der Waals surface area contributed by atoms with Crippen LogP contribution < -0.4 is 0 Å². The van der Waals surface area contributed by atoms with Gasteiger partial charge in [0, 0.05) is 5.41 Å². The summed E-state index contributed by atoms with van der Waals surface area (Å²) in [5.41, 5.74) is 0.0417. The highest BCUT2D eigenvalue weighted by molar-refractivity contribution is 5.11. The lowest BCUT2D eigenvalue weighted by Gasteiger charge is -2.34. The van der Waals surface area contributed by atoms with Gasteiger partial charge in [0.15, 0.2) is 0 Å². The lowest BCUT2D eigenvalue weighted by molar-refractivity contribution is -0.0451. The lowest BCUT2D eigenvalue weighted by Crippen LogP contribution is -2.39. The van der Waals surface area contributed by atoms with Crippen LogP contribution in [0.25, 0.3) is 0 Å². The average Bonchev–Trinajstić information content (AvgIpc) is 2.78. The molecule has 2 heterocycles. The quantitative estimate of drug-likeness (QED) is 0.604. The van der Waals surface area contributed by atoms with Crippen molar-refractivity contribution >= 4 is 0 Å². The number of rotatable bonds is 2. The molecule has 0 aromatic rings. The molecule has 2 unspecified atom stereocenters. The molecule has 2 nitrogen and oxygen atoms in total. The van der Waals surface area contributed by atoms with Crippen molar-refractivity contribution in [1.29, 1.82) is 0 Å². The second kappa shape index (κ2) is 3.28. The Morgan fingerprint density at radius 3 is 1.77 bits per heavy atom. The van der Waals surface area contributed by atoms with Crippen molar-refractivity contribution in [1.82, 2.24) is 0 Å².